The van der Waals surface area contributed by atoms with Gasteiger partial charge in [0.2, 0.25) is 4.77 Å². The van der Waals surface area contributed by atoms with Crippen LogP contribution >= 0.6 is 12.2 Å². The summed E-state index contributed by atoms with van der Waals surface area (Å²) in [6.07, 6.45) is 3.20. The number of aromatic nitrogens is 3. The van der Waals surface area contributed by atoms with Crippen molar-refractivity contribution in [2.75, 3.05) is 6.61 Å². The van der Waals surface area contributed by atoms with E-state index in [4.69, 9.17) is 21.7 Å². The average molecular weight is 354 g/mol. The molecule has 0 aliphatic heterocycles. The fourth-order valence-electron chi connectivity index (χ4n) is 2.18. The molecule has 128 valence electrons. The van der Waals surface area contributed by atoms with Crippen LogP contribution < -0.4 is 9.47 Å². The van der Waals surface area contributed by atoms with Crippen molar-refractivity contribution < 1.29 is 9.47 Å². The Hall–Kier alpha value is -2.93. The van der Waals surface area contributed by atoms with Crippen LogP contribution in [0.3, 0.4) is 0 Å². The van der Waals surface area contributed by atoms with E-state index in [0.717, 1.165) is 11.1 Å². The zero-order valence-electron chi connectivity index (χ0n) is 13.8. The lowest BCUT2D eigenvalue weighted by atomic mass is 10.2. The molecule has 0 radical (unpaired) electrons. The maximum absolute atomic E-state index is 5.89. The van der Waals surface area contributed by atoms with Crippen molar-refractivity contribution in [1.29, 1.82) is 0 Å². The van der Waals surface area contributed by atoms with Crippen LogP contribution in [-0.2, 0) is 6.61 Å². The summed E-state index contributed by atoms with van der Waals surface area (Å²) in [5.41, 5.74) is 1.98. The first kappa shape index (κ1) is 16.9. The molecule has 6 nitrogen and oxygen atoms in total. The summed E-state index contributed by atoms with van der Waals surface area (Å²) in [6, 6.07) is 15.7. The highest BCUT2D eigenvalue weighted by Crippen LogP contribution is 2.28. The molecule has 2 aromatic carbocycles. The summed E-state index contributed by atoms with van der Waals surface area (Å²) in [4.78, 5) is 0. The monoisotopic (exact) mass is 354 g/mol. The second-order valence-electron chi connectivity index (χ2n) is 5.16. The molecule has 0 aliphatic carbocycles. The van der Waals surface area contributed by atoms with Crippen molar-refractivity contribution in [2.45, 2.75) is 13.5 Å². The van der Waals surface area contributed by atoms with Gasteiger partial charge in [0.15, 0.2) is 11.5 Å². The minimum absolute atomic E-state index is 0.434. The van der Waals surface area contributed by atoms with Gasteiger partial charge in [-0.25, -0.2) is 0 Å². The number of rotatable bonds is 7. The van der Waals surface area contributed by atoms with Crippen molar-refractivity contribution in [3.05, 3.63) is 70.8 Å². The predicted octanol–water partition coefficient (Wildman–Crippen LogP) is 3.80. The summed E-state index contributed by atoms with van der Waals surface area (Å²) in [5, 5.41) is 10.7. The van der Waals surface area contributed by atoms with Crippen LogP contribution in [0.5, 0.6) is 11.5 Å². The largest absolute Gasteiger partial charge is 0.490 e. The van der Waals surface area contributed by atoms with Crippen molar-refractivity contribution in [3.8, 4) is 11.5 Å². The van der Waals surface area contributed by atoms with Gasteiger partial charge in [-0.15, -0.1) is 0 Å². The van der Waals surface area contributed by atoms with Gasteiger partial charge < -0.3 is 9.47 Å². The number of aromatic amines is 1. The van der Waals surface area contributed by atoms with E-state index < -0.39 is 0 Å². The molecule has 25 heavy (non-hydrogen) atoms. The summed E-state index contributed by atoms with van der Waals surface area (Å²) in [5.74, 6) is 1.38. The Bertz CT molecular complexity index is 903. The maximum atomic E-state index is 5.89. The molecular weight excluding hydrogens is 336 g/mol. The predicted molar refractivity (Wildman–Crippen MR) is 98.8 cm³/mol. The topological polar surface area (TPSA) is 64.4 Å². The van der Waals surface area contributed by atoms with Gasteiger partial charge >= 0.3 is 0 Å². The quantitative estimate of drug-likeness (QED) is 0.518. The lowest BCUT2D eigenvalue weighted by Crippen LogP contribution is -2.00. The summed E-state index contributed by atoms with van der Waals surface area (Å²) in [7, 11) is 0. The van der Waals surface area contributed by atoms with Crippen molar-refractivity contribution >= 4 is 18.4 Å². The minimum atomic E-state index is 0.434. The minimum Gasteiger partial charge on any atom is -0.490 e. The summed E-state index contributed by atoms with van der Waals surface area (Å²) >= 11 is 5.06. The number of nitrogens with one attached hydrogen (secondary N) is 1. The molecule has 0 saturated carbocycles. The van der Waals surface area contributed by atoms with Gasteiger partial charge in [-0.3, -0.25) is 5.10 Å². The SMILES string of the molecule is CCOc1cc(/C=N/n2cn[nH]c2=S)ccc1OCc1ccccc1. The standard InChI is InChI=1S/C18H18N4O2S/c1-2-23-17-10-15(11-20-22-13-19-21-18(22)25)8-9-16(17)24-12-14-6-4-3-5-7-14/h3-11,13H,2,12H2,1H3,(H,21,25)/b20-11+. The summed E-state index contributed by atoms with van der Waals surface area (Å²) < 4.78 is 13.5. The van der Waals surface area contributed by atoms with Gasteiger partial charge in [0, 0.05) is 0 Å². The fraction of sp³-hybridized carbons (Fsp3) is 0.167. The molecule has 0 unspecified atom stereocenters. The average Bonchev–Trinajstić information content (AvgIpc) is 3.05. The van der Waals surface area contributed by atoms with Crippen LogP contribution in [0.2, 0.25) is 0 Å². The Morgan fingerprint density at radius 1 is 1.16 bits per heavy atom. The second-order valence-corrected chi connectivity index (χ2v) is 5.55. The first-order valence-electron chi connectivity index (χ1n) is 7.86. The van der Waals surface area contributed by atoms with E-state index in [0.29, 0.717) is 29.5 Å². The third-order valence-corrected chi connectivity index (χ3v) is 3.65. The Kier molecular flexibility index (Phi) is 5.58. The van der Waals surface area contributed by atoms with Crippen molar-refractivity contribution in [1.82, 2.24) is 14.9 Å². The third kappa shape index (κ3) is 4.54. The maximum Gasteiger partial charge on any atom is 0.216 e. The lowest BCUT2D eigenvalue weighted by Gasteiger charge is -2.12. The van der Waals surface area contributed by atoms with E-state index in [-0.39, 0.29) is 0 Å². The van der Waals surface area contributed by atoms with Gasteiger partial charge in [-0.05, 0) is 48.5 Å². The first-order valence-corrected chi connectivity index (χ1v) is 8.27. The molecule has 3 aromatic rings. The van der Waals surface area contributed by atoms with Gasteiger partial charge in [0.05, 0.1) is 12.8 Å². The molecule has 0 bridgehead atoms. The third-order valence-electron chi connectivity index (χ3n) is 3.37. The van der Waals surface area contributed by atoms with Gasteiger partial charge in [0.1, 0.15) is 12.9 Å². The molecule has 1 N–H and O–H groups in total. The van der Waals surface area contributed by atoms with Crippen LogP contribution in [0.1, 0.15) is 18.1 Å². The molecular formula is C18H18N4O2S. The van der Waals surface area contributed by atoms with E-state index in [1.807, 2.05) is 55.5 Å². The zero-order chi connectivity index (χ0) is 17.5. The lowest BCUT2D eigenvalue weighted by molar-refractivity contribution is 0.269. The molecule has 0 atom stereocenters. The van der Waals surface area contributed by atoms with E-state index >= 15 is 0 Å². The number of nitrogens with zero attached hydrogens (tertiary/aromatic N) is 3. The molecule has 0 spiro atoms. The molecule has 0 saturated heterocycles. The van der Waals surface area contributed by atoms with Crippen LogP contribution in [0, 0.1) is 4.77 Å². The fourth-order valence-corrected chi connectivity index (χ4v) is 2.33. The number of hydrogen-bond acceptors (Lipinski definition) is 5. The Morgan fingerprint density at radius 3 is 2.72 bits per heavy atom. The molecule has 0 fully saturated rings. The number of ether oxygens (including phenoxy) is 2. The van der Waals surface area contributed by atoms with E-state index in [1.54, 1.807) is 6.21 Å². The van der Waals surface area contributed by atoms with Gasteiger partial charge in [-0.1, -0.05) is 30.3 Å². The number of hydrogen-bond donors (Lipinski definition) is 1. The van der Waals surface area contributed by atoms with Gasteiger partial charge in [-0.2, -0.15) is 14.9 Å². The van der Waals surface area contributed by atoms with E-state index in [1.165, 1.54) is 11.0 Å². The molecule has 0 aliphatic rings. The highest BCUT2D eigenvalue weighted by molar-refractivity contribution is 7.71. The molecule has 7 heteroatoms. The van der Waals surface area contributed by atoms with Crippen LogP contribution in [-0.4, -0.2) is 27.7 Å². The highest BCUT2D eigenvalue weighted by atomic mass is 32.1. The van der Waals surface area contributed by atoms with Crippen molar-refractivity contribution in [3.63, 3.8) is 0 Å². The Labute approximate surface area is 150 Å². The smallest absolute Gasteiger partial charge is 0.216 e. The van der Waals surface area contributed by atoms with Crippen LogP contribution in [0.15, 0.2) is 60.0 Å². The Morgan fingerprint density at radius 2 is 2.00 bits per heavy atom. The van der Waals surface area contributed by atoms with Crippen LogP contribution in [0.25, 0.3) is 0 Å². The number of H-pyrrole nitrogens is 1. The van der Waals surface area contributed by atoms with Crippen LogP contribution in [0.4, 0.5) is 0 Å². The number of benzene rings is 2. The zero-order valence-corrected chi connectivity index (χ0v) is 14.6. The normalized spacial score (nSPS) is 10.9. The second kappa shape index (κ2) is 8.25. The van der Waals surface area contributed by atoms with E-state index in [9.17, 15) is 0 Å². The molecule has 1 aromatic heterocycles. The van der Waals surface area contributed by atoms with E-state index in [2.05, 4.69) is 15.3 Å². The highest BCUT2D eigenvalue weighted by Gasteiger charge is 2.06. The Balaban J connectivity index is 1.76. The van der Waals surface area contributed by atoms with Crippen molar-refractivity contribution in [2.24, 2.45) is 5.10 Å². The molecule has 1 heterocycles. The molecule has 3 rings (SSSR count). The van der Waals surface area contributed by atoms with Gasteiger partial charge in [0.25, 0.3) is 0 Å². The molecule has 0 amide bonds. The summed E-state index contributed by atoms with van der Waals surface area (Å²) in [6.45, 7) is 2.97. The first-order chi connectivity index (χ1) is 12.3.